The van der Waals surface area contributed by atoms with Gasteiger partial charge in [0.1, 0.15) is 6.61 Å². The Labute approximate surface area is 141 Å². The van der Waals surface area contributed by atoms with Crippen molar-refractivity contribution in [1.29, 1.82) is 0 Å². The van der Waals surface area contributed by atoms with Gasteiger partial charge in [-0.1, -0.05) is 60.2 Å². The molecule has 1 atom stereocenters. The number of aryl methyl sites for hydroxylation is 1. The highest BCUT2D eigenvalue weighted by Crippen LogP contribution is 2.18. The molecule has 0 N–H and O–H groups in total. The highest BCUT2D eigenvalue weighted by atomic mass is 16.6. The van der Waals surface area contributed by atoms with Gasteiger partial charge in [-0.05, 0) is 30.5 Å². The van der Waals surface area contributed by atoms with Crippen LogP contribution < -0.4 is 0 Å². The van der Waals surface area contributed by atoms with Crippen LogP contribution in [-0.2, 0) is 16.0 Å². The van der Waals surface area contributed by atoms with E-state index in [1.54, 1.807) is 6.08 Å². The summed E-state index contributed by atoms with van der Waals surface area (Å²) in [5.41, 5.74) is 3.15. The van der Waals surface area contributed by atoms with Gasteiger partial charge < -0.3 is 4.74 Å². The number of carbonyl (C=O) groups excluding carboxylic acids is 2. The molecule has 0 unspecified atom stereocenters. The molecule has 3 rings (SSSR count). The van der Waals surface area contributed by atoms with Crippen molar-refractivity contribution in [2.45, 2.75) is 19.4 Å². The van der Waals surface area contributed by atoms with E-state index in [9.17, 15) is 9.59 Å². The van der Waals surface area contributed by atoms with Crippen LogP contribution in [-0.4, -0.2) is 29.5 Å². The van der Waals surface area contributed by atoms with Crippen LogP contribution in [0.5, 0.6) is 0 Å². The largest absolute Gasteiger partial charge is 0.447 e. The zero-order chi connectivity index (χ0) is 16.9. The second-order valence-corrected chi connectivity index (χ2v) is 5.87. The van der Waals surface area contributed by atoms with Gasteiger partial charge in [0.2, 0.25) is 0 Å². The molecular formula is C20H19NO3. The topological polar surface area (TPSA) is 46.6 Å². The van der Waals surface area contributed by atoms with Crippen molar-refractivity contribution in [3.63, 3.8) is 0 Å². The molecule has 0 saturated carbocycles. The van der Waals surface area contributed by atoms with Gasteiger partial charge in [0.25, 0.3) is 5.91 Å². The van der Waals surface area contributed by atoms with E-state index in [4.69, 9.17) is 4.74 Å². The van der Waals surface area contributed by atoms with E-state index in [0.29, 0.717) is 6.42 Å². The van der Waals surface area contributed by atoms with Gasteiger partial charge >= 0.3 is 6.09 Å². The molecule has 1 aliphatic rings. The van der Waals surface area contributed by atoms with Crippen LogP contribution in [0.4, 0.5) is 4.79 Å². The molecule has 0 aliphatic carbocycles. The lowest BCUT2D eigenvalue weighted by Gasteiger charge is -2.18. The molecule has 2 amide bonds. The smallest absolute Gasteiger partial charge is 0.417 e. The molecule has 0 radical (unpaired) electrons. The first kappa shape index (κ1) is 16.0. The minimum atomic E-state index is -0.575. The number of cyclic esters (lactones) is 1. The van der Waals surface area contributed by atoms with E-state index in [2.05, 4.69) is 0 Å². The maximum Gasteiger partial charge on any atom is 0.417 e. The zero-order valence-electron chi connectivity index (χ0n) is 13.5. The van der Waals surface area contributed by atoms with Crippen molar-refractivity contribution >= 4 is 18.1 Å². The normalized spacial score (nSPS) is 17.3. The average molecular weight is 321 g/mol. The van der Waals surface area contributed by atoms with E-state index in [0.717, 1.165) is 16.7 Å². The number of rotatable bonds is 4. The second kappa shape index (κ2) is 7.13. The summed E-state index contributed by atoms with van der Waals surface area (Å²) < 4.78 is 5.07. The highest BCUT2D eigenvalue weighted by molar-refractivity contribution is 6.02. The fraction of sp³-hybridized carbons (Fsp3) is 0.200. The van der Waals surface area contributed by atoms with E-state index in [1.165, 1.54) is 11.0 Å². The Hall–Kier alpha value is -2.88. The Kier molecular flexibility index (Phi) is 4.75. The molecular weight excluding hydrogens is 302 g/mol. The van der Waals surface area contributed by atoms with Crippen molar-refractivity contribution in [2.75, 3.05) is 6.61 Å². The maximum atomic E-state index is 12.4. The van der Waals surface area contributed by atoms with Crippen LogP contribution in [0.3, 0.4) is 0 Å². The summed E-state index contributed by atoms with van der Waals surface area (Å²) in [5, 5.41) is 0. The lowest BCUT2D eigenvalue weighted by Crippen LogP contribution is -2.39. The third-order valence-corrected chi connectivity index (χ3v) is 4.01. The van der Waals surface area contributed by atoms with Crippen LogP contribution in [0.25, 0.3) is 6.08 Å². The SMILES string of the molecule is Cc1ccc(/C=C/C(=O)N2C(=O)OC[C@H]2Cc2ccccc2)cc1. The zero-order valence-corrected chi connectivity index (χ0v) is 13.5. The third kappa shape index (κ3) is 3.71. The molecule has 4 heteroatoms. The van der Waals surface area contributed by atoms with Crippen LogP contribution in [0, 0.1) is 6.92 Å². The number of ether oxygens (including phenoxy) is 1. The molecule has 2 aromatic carbocycles. The lowest BCUT2D eigenvalue weighted by atomic mass is 10.1. The summed E-state index contributed by atoms with van der Waals surface area (Å²) in [7, 11) is 0. The first-order valence-corrected chi connectivity index (χ1v) is 7.92. The summed E-state index contributed by atoms with van der Waals surface area (Å²) in [6.07, 6.45) is 3.16. The summed E-state index contributed by atoms with van der Waals surface area (Å²) in [5.74, 6) is -0.348. The molecule has 1 aliphatic heterocycles. The molecule has 0 aromatic heterocycles. The Balaban J connectivity index is 1.71. The monoisotopic (exact) mass is 321 g/mol. The van der Waals surface area contributed by atoms with E-state index >= 15 is 0 Å². The maximum absolute atomic E-state index is 12.4. The van der Waals surface area contributed by atoms with E-state index in [-0.39, 0.29) is 18.6 Å². The molecule has 0 spiro atoms. The van der Waals surface area contributed by atoms with Crippen molar-refractivity contribution in [1.82, 2.24) is 4.90 Å². The standard InChI is InChI=1S/C20H19NO3/c1-15-7-9-16(10-8-15)11-12-19(22)21-18(14-24-20(21)23)13-17-5-3-2-4-6-17/h2-12,18H,13-14H2,1H3/b12-11+/t18-/m1/s1. The second-order valence-electron chi connectivity index (χ2n) is 5.87. The van der Waals surface area contributed by atoms with Crippen molar-refractivity contribution in [2.24, 2.45) is 0 Å². The van der Waals surface area contributed by atoms with Gasteiger partial charge in [-0.2, -0.15) is 0 Å². The Bertz CT molecular complexity index is 750. The van der Waals surface area contributed by atoms with E-state index in [1.807, 2.05) is 61.5 Å². The highest BCUT2D eigenvalue weighted by Gasteiger charge is 2.36. The number of imide groups is 1. The van der Waals surface area contributed by atoms with Crippen LogP contribution in [0.2, 0.25) is 0 Å². The quantitative estimate of drug-likeness (QED) is 0.808. The summed E-state index contributed by atoms with van der Waals surface area (Å²) in [6, 6.07) is 17.3. The predicted octanol–water partition coefficient (Wildman–Crippen LogP) is 3.60. The molecule has 24 heavy (non-hydrogen) atoms. The van der Waals surface area contributed by atoms with Gasteiger partial charge in [-0.3, -0.25) is 4.79 Å². The average Bonchev–Trinajstić information content (AvgIpc) is 2.95. The predicted molar refractivity (Wildman–Crippen MR) is 92.3 cm³/mol. The minimum absolute atomic E-state index is 0.234. The number of hydrogen-bond donors (Lipinski definition) is 0. The van der Waals surface area contributed by atoms with Gasteiger partial charge in [-0.25, -0.2) is 9.69 Å². The van der Waals surface area contributed by atoms with Crippen molar-refractivity contribution in [3.8, 4) is 0 Å². The Morgan fingerprint density at radius 3 is 2.58 bits per heavy atom. The van der Waals surface area contributed by atoms with Gasteiger partial charge in [0.05, 0.1) is 6.04 Å². The number of benzene rings is 2. The number of carbonyl (C=O) groups is 2. The number of hydrogen-bond acceptors (Lipinski definition) is 3. The van der Waals surface area contributed by atoms with Crippen LogP contribution >= 0.6 is 0 Å². The molecule has 4 nitrogen and oxygen atoms in total. The van der Waals surface area contributed by atoms with Crippen LogP contribution in [0.15, 0.2) is 60.7 Å². The minimum Gasteiger partial charge on any atom is -0.447 e. The summed E-state index contributed by atoms with van der Waals surface area (Å²) in [6.45, 7) is 2.24. The lowest BCUT2D eigenvalue weighted by molar-refractivity contribution is -0.124. The van der Waals surface area contributed by atoms with Crippen LogP contribution in [0.1, 0.15) is 16.7 Å². The first-order chi connectivity index (χ1) is 11.6. The van der Waals surface area contributed by atoms with Gasteiger partial charge in [0.15, 0.2) is 0 Å². The molecule has 1 saturated heterocycles. The Morgan fingerprint density at radius 1 is 1.17 bits per heavy atom. The van der Waals surface area contributed by atoms with Gasteiger partial charge in [-0.15, -0.1) is 0 Å². The summed E-state index contributed by atoms with van der Waals surface area (Å²) >= 11 is 0. The molecule has 122 valence electrons. The molecule has 1 fully saturated rings. The fourth-order valence-corrected chi connectivity index (χ4v) is 2.69. The van der Waals surface area contributed by atoms with Crippen molar-refractivity contribution in [3.05, 3.63) is 77.4 Å². The summed E-state index contributed by atoms with van der Waals surface area (Å²) in [4.78, 5) is 25.6. The number of amides is 2. The van der Waals surface area contributed by atoms with Gasteiger partial charge in [0, 0.05) is 6.08 Å². The molecule has 1 heterocycles. The Morgan fingerprint density at radius 2 is 1.88 bits per heavy atom. The number of nitrogens with zero attached hydrogens (tertiary/aromatic N) is 1. The fourth-order valence-electron chi connectivity index (χ4n) is 2.69. The molecule has 0 bridgehead atoms. The first-order valence-electron chi connectivity index (χ1n) is 7.92. The van der Waals surface area contributed by atoms with E-state index < -0.39 is 6.09 Å². The molecule has 2 aromatic rings. The van der Waals surface area contributed by atoms with Crippen molar-refractivity contribution < 1.29 is 14.3 Å². The third-order valence-electron chi connectivity index (χ3n) is 4.01.